The van der Waals surface area contributed by atoms with Crippen LogP contribution in [0.5, 0.6) is 17.2 Å². The summed E-state index contributed by atoms with van der Waals surface area (Å²) in [5.74, 6) is 1.10. The fourth-order valence-electron chi connectivity index (χ4n) is 4.51. The minimum Gasteiger partial charge on any atom is -0.507 e. The van der Waals surface area contributed by atoms with Crippen LogP contribution in [-0.2, 0) is 9.59 Å². The number of aryl methyl sites for hydroxylation is 1. The second-order valence-corrected chi connectivity index (χ2v) is 11.4. The molecule has 0 spiro atoms. The van der Waals surface area contributed by atoms with Crippen LogP contribution in [0.15, 0.2) is 42.0 Å². The maximum atomic E-state index is 13.4. The van der Waals surface area contributed by atoms with Crippen LogP contribution in [0.3, 0.4) is 0 Å². The molecule has 8 nitrogen and oxygen atoms in total. The molecule has 1 amide bonds. The van der Waals surface area contributed by atoms with Crippen molar-refractivity contribution in [1.82, 2.24) is 9.80 Å². The van der Waals surface area contributed by atoms with Crippen molar-refractivity contribution in [2.75, 3.05) is 47.5 Å². The molecule has 0 aromatic heterocycles. The highest BCUT2D eigenvalue weighted by atomic mass is 16.5. The van der Waals surface area contributed by atoms with E-state index in [-0.39, 0.29) is 11.3 Å². The predicted octanol–water partition coefficient (Wildman–Crippen LogP) is 5.45. The lowest BCUT2D eigenvalue weighted by Crippen LogP contribution is -2.35. The molecule has 1 heterocycles. The van der Waals surface area contributed by atoms with E-state index in [4.69, 9.17) is 14.2 Å². The number of hydrogen-bond donors (Lipinski definition) is 1. The van der Waals surface area contributed by atoms with Gasteiger partial charge in [-0.2, -0.15) is 0 Å². The largest absolute Gasteiger partial charge is 0.507 e. The zero-order valence-electron chi connectivity index (χ0n) is 25.1. The monoisotopic (exact) mass is 552 g/mol. The van der Waals surface area contributed by atoms with Gasteiger partial charge in [0, 0.05) is 18.7 Å². The minimum absolute atomic E-state index is 0.0505. The number of carbonyl (C=O) groups excluding carboxylic acids is 2. The lowest BCUT2D eigenvalue weighted by molar-refractivity contribution is -0.140. The number of nitrogens with zero attached hydrogens (tertiary/aromatic N) is 2. The quantitative estimate of drug-likeness (QED) is 0.201. The fourth-order valence-corrected chi connectivity index (χ4v) is 4.51. The molecule has 8 heteroatoms. The average molecular weight is 553 g/mol. The van der Waals surface area contributed by atoms with Crippen LogP contribution in [0.4, 0.5) is 0 Å². The molecular weight excluding hydrogens is 508 g/mol. The van der Waals surface area contributed by atoms with Crippen LogP contribution in [0.2, 0.25) is 0 Å². The number of likely N-dealkylation sites (tertiary alicyclic amines) is 1. The van der Waals surface area contributed by atoms with Crippen molar-refractivity contribution in [2.24, 2.45) is 11.8 Å². The molecule has 2 aromatic rings. The second-order valence-electron chi connectivity index (χ2n) is 11.4. The Morgan fingerprint density at radius 1 is 0.975 bits per heavy atom. The number of benzene rings is 2. The summed E-state index contributed by atoms with van der Waals surface area (Å²) >= 11 is 0. The first-order chi connectivity index (χ1) is 18.9. The van der Waals surface area contributed by atoms with Crippen LogP contribution >= 0.6 is 0 Å². The van der Waals surface area contributed by atoms with Crippen LogP contribution in [0, 0.1) is 18.8 Å². The first kappa shape index (κ1) is 31.0. The van der Waals surface area contributed by atoms with Crippen molar-refractivity contribution in [2.45, 2.75) is 47.1 Å². The van der Waals surface area contributed by atoms with E-state index < -0.39 is 17.7 Å². The van der Waals surface area contributed by atoms with E-state index in [0.717, 1.165) is 12.0 Å². The van der Waals surface area contributed by atoms with Crippen molar-refractivity contribution in [3.8, 4) is 17.2 Å². The Morgan fingerprint density at radius 2 is 1.68 bits per heavy atom. The fraction of sp³-hybridized carbons (Fsp3) is 0.500. The number of likely N-dealkylation sites (N-methyl/N-ethyl adjacent to an activating group) is 1. The van der Waals surface area contributed by atoms with Crippen LogP contribution < -0.4 is 14.2 Å². The van der Waals surface area contributed by atoms with Gasteiger partial charge in [0.25, 0.3) is 11.7 Å². The molecule has 1 N–H and O–H groups in total. The molecule has 40 heavy (non-hydrogen) atoms. The summed E-state index contributed by atoms with van der Waals surface area (Å²) in [6.07, 6.45) is 0.899. The van der Waals surface area contributed by atoms with Crippen LogP contribution in [0.1, 0.15) is 56.8 Å². The third-order valence-corrected chi connectivity index (χ3v) is 6.80. The summed E-state index contributed by atoms with van der Waals surface area (Å²) in [4.78, 5) is 30.2. The molecule has 3 rings (SSSR count). The zero-order valence-corrected chi connectivity index (χ0v) is 25.1. The minimum atomic E-state index is -0.782. The molecule has 0 saturated carbocycles. The van der Waals surface area contributed by atoms with Crippen molar-refractivity contribution in [1.29, 1.82) is 0 Å². The van der Waals surface area contributed by atoms with E-state index in [2.05, 4.69) is 27.7 Å². The molecule has 1 aliphatic heterocycles. The highest BCUT2D eigenvalue weighted by Crippen LogP contribution is 2.42. The second kappa shape index (κ2) is 13.7. The van der Waals surface area contributed by atoms with E-state index in [9.17, 15) is 14.7 Å². The van der Waals surface area contributed by atoms with E-state index in [1.807, 2.05) is 32.0 Å². The first-order valence-corrected chi connectivity index (χ1v) is 13.9. The molecular formula is C32H44N2O6. The van der Waals surface area contributed by atoms with Gasteiger partial charge in [0.2, 0.25) is 0 Å². The van der Waals surface area contributed by atoms with Crippen molar-refractivity contribution in [3.05, 3.63) is 58.7 Å². The number of methoxy groups -OCH3 is 1. The molecule has 1 unspecified atom stereocenters. The number of amides is 1. The molecule has 1 atom stereocenters. The lowest BCUT2D eigenvalue weighted by Gasteiger charge is -2.27. The van der Waals surface area contributed by atoms with Crippen molar-refractivity contribution < 1.29 is 28.9 Å². The zero-order chi connectivity index (χ0) is 29.6. The Bertz CT molecular complexity index is 1230. The smallest absolute Gasteiger partial charge is 0.295 e. The Hall–Kier alpha value is -3.52. The van der Waals surface area contributed by atoms with E-state index in [0.29, 0.717) is 66.5 Å². The van der Waals surface area contributed by atoms with Crippen molar-refractivity contribution >= 4 is 17.4 Å². The van der Waals surface area contributed by atoms with Gasteiger partial charge in [-0.25, -0.2) is 0 Å². The number of aliphatic hydroxyl groups is 1. The molecule has 0 aliphatic carbocycles. The van der Waals surface area contributed by atoms with Gasteiger partial charge in [0.1, 0.15) is 11.5 Å². The summed E-state index contributed by atoms with van der Waals surface area (Å²) in [5, 5.41) is 11.5. The summed E-state index contributed by atoms with van der Waals surface area (Å²) in [6.45, 7) is 12.3. The highest BCUT2D eigenvalue weighted by Gasteiger charge is 2.46. The Kier molecular flexibility index (Phi) is 10.6. The molecule has 0 bridgehead atoms. The predicted molar refractivity (Wildman–Crippen MR) is 157 cm³/mol. The first-order valence-electron chi connectivity index (χ1n) is 13.9. The number of hydrogen-bond acceptors (Lipinski definition) is 7. The number of Topliss-reactive ketones (excluding diaryl/α,β-unsaturated/α-hetero) is 1. The maximum Gasteiger partial charge on any atom is 0.295 e. The molecule has 0 radical (unpaired) electrons. The molecule has 218 valence electrons. The molecule has 1 saturated heterocycles. The normalized spacial score (nSPS) is 16.9. The van der Waals surface area contributed by atoms with Gasteiger partial charge in [-0.15, -0.1) is 0 Å². The lowest BCUT2D eigenvalue weighted by atomic mass is 9.94. The Balaban J connectivity index is 2.07. The third kappa shape index (κ3) is 7.36. The summed E-state index contributed by atoms with van der Waals surface area (Å²) in [6, 6.07) is 9.91. The average Bonchev–Trinajstić information content (AvgIpc) is 3.15. The number of ether oxygens (including phenoxy) is 3. The third-order valence-electron chi connectivity index (χ3n) is 6.80. The molecule has 1 aliphatic rings. The number of aliphatic hydroxyl groups excluding tert-OH is 1. The topological polar surface area (TPSA) is 88.5 Å². The van der Waals surface area contributed by atoms with E-state index in [1.165, 1.54) is 4.90 Å². The number of rotatable bonds is 13. The summed E-state index contributed by atoms with van der Waals surface area (Å²) in [7, 11) is 5.37. The van der Waals surface area contributed by atoms with Crippen LogP contribution in [0.25, 0.3) is 5.76 Å². The summed E-state index contributed by atoms with van der Waals surface area (Å²) in [5.41, 5.74) is 1.98. The van der Waals surface area contributed by atoms with Gasteiger partial charge < -0.3 is 29.1 Å². The Labute approximate surface area is 238 Å². The van der Waals surface area contributed by atoms with Gasteiger partial charge in [0.05, 0.1) is 31.9 Å². The highest BCUT2D eigenvalue weighted by molar-refractivity contribution is 6.46. The van der Waals surface area contributed by atoms with Crippen molar-refractivity contribution in [3.63, 3.8) is 0 Å². The van der Waals surface area contributed by atoms with Gasteiger partial charge in [-0.05, 0) is 80.7 Å². The van der Waals surface area contributed by atoms with Gasteiger partial charge >= 0.3 is 0 Å². The van der Waals surface area contributed by atoms with Crippen LogP contribution in [-0.4, -0.2) is 74.1 Å². The molecule has 1 fully saturated rings. The summed E-state index contributed by atoms with van der Waals surface area (Å²) < 4.78 is 17.5. The van der Waals surface area contributed by atoms with Gasteiger partial charge in [-0.1, -0.05) is 33.8 Å². The Morgan fingerprint density at radius 3 is 2.27 bits per heavy atom. The molecule has 2 aromatic carbocycles. The SMILES string of the molecule is COc1cc(C2C(=C(O)c3ccc(OCC(C)C)c(C)c3)C(=O)C(=O)N2CCN(C)C)ccc1OCCC(C)C. The van der Waals surface area contributed by atoms with Gasteiger partial charge in [-0.3, -0.25) is 9.59 Å². The number of carbonyl (C=O) groups is 2. The number of ketones is 1. The maximum absolute atomic E-state index is 13.4. The standard InChI is InChI=1S/C32H44N2O6/c1-20(2)13-16-39-26-12-9-23(18-27(26)38-8)29-28(31(36)32(37)34(29)15-14-33(6)7)30(35)24-10-11-25(22(5)17-24)40-19-21(3)4/h9-12,17-18,20-21,29,35H,13-16,19H2,1-8H3. The van der Waals surface area contributed by atoms with Gasteiger partial charge in [0.15, 0.2) is 11.5 Å². The van der Waals surface area contributed by atoms with E-state index in [1.54, 1.807) is 37.4 Å². The van der Waals surface area contributed by atoms with E-state index >= 15 is 0 Å².